The van der Waals surface area contributed by atoms with Gasteiger partial charge < -0.3 is 20.4 Å². The first kappa shape index (κ1) is 20.4. The van der Waals surface area contributed by atoms with Crippen molar-refractivity contribution in [2.45, 2.75) is 24.7 Å². The van der Waals surface area contributed by atoms with Crippen molar-refractivity contribution in [1.82, 2.24) is 15.6 Å². The number of aromatic amines is 1. The molecule has 0 unspecified atom stereocenters. The van der Waals surface area contributed by atoms with Crippen molar-refractivity contribution in [1.29, 1.82) is 0 Å². The van der Waals surface area contributed by atoms with Crippen molar-refractivity contribution in [3.05, 3.63) is 71.7 Å². The fourth-order valence-corrected chi connectivity index (χ4v) is 4.26. The standard InChI is InChI=1S/C24H29FN4O/c1-26-23(27-13-10-18-16-28-22-5-3-2-4-21(18)22)29-17-24(11-14-30-15-12-24)19-6-8-20(25)9-7-19/h2-9,16,28H,10-15,17H2,1H3,(H2,26,27,29). The Balaban J connectivity index is 1.37. The third kappa shape index (κ3) is 4.49. The van der Waals surface area contributed by atoms with Gasteiger partial charge in [0, 0.05) is 55.9 Å². The number of rotatable bonds is 6. The lowest BCUT2D eigenvalue weighted by atomic mass is 9.74. The van der Waals surface area contributed by atoms with Crippen LogP contribution in [0.25, 0.3) is 10.9 Å². The van der Waals surface area contributed by atoms with Crippen LogP contribution in [0.1, 0.15) is 24.0 Å². The highest BCUT2D eigenvalue weighted by molar-refractivity contribution is 5.83. The van der Waals surface area contributed by atoms with Crippen LogP contribution in [0.5, 0.6) is 0 Å². The first-order valence-electron chi connectivity index (χ1n) is 10.5. The third-order valence-electron chi connectivity index (χ3n) is 6.09. The molecule has 0 aliphatic carbocycles. The van der Waals surface area contributed by atoms with Crippen LogP contribution in [0.2, 0.25) is 0 Å². The Bertz CT molecular complexity index is 990. The van der Waals surface area contributed by atoms with Gasteiger partial charge in [-0.25, -0.2) is 4.39 Å². The van der Waals surface area contributed by atoms with Gasteiger partial charge in [-0.2, -0.15) is 0 Å². The summed E-state index contributed by atoms with van der Waals surface area (Å²) in [6.45, 7) is 2.94. The molecule has 1 aliphatic rings. The first-order valence-corrected chi connectivity index (χ1v) is 10.5. The maximum Gasteiger partial charge on any atom is 0.191 e. The van der Waals surface area contributed by atoms with E-state index < -0.39 is 0 Å². The van der Waals surface area contributed by atoms with Crippen LogP contribution in [0.4, 0.5) is 4.39 Å². The molecule has 3 aromatic rings. The summed E-state index contributed by atoms with van der Waals surface area (Å²) >= 11 is 0. The summed E-state index contributed by atoms with van der Waals surface area (Å²) < 4.78 is 19.0. The molecule has 5 nitrogen and oxygen atoms in total. The molecule has 1 fully saturated rings. The molecule has 0 radical (unpaired) electrons. The Morgan fingerprint density at radius 2 is 1.87 bits per heavy atom. The molecule has 0 atom stereocenters. The Kier molecular flexibility index (Phi) is 6.33. The molecule has 3 N–H and O–H groups in total. The molecule has 1 aliphatic heterocycles. The molecule has 2 aromatic carbocycles. The number of hydrogen-bond acceptors (Lipinski definition) is 2. The normalized spacial score (nSPS) is 16.5. The Hall–Kier alpha value is -2.86. The monoisotopic (exact) mass is 408 g/mol. The summed E-state index contributed by atoms with van der Waals surface area (Å²) in [5.74, 6) is 0.575. The van der Waals surface area contributed by atoms with Crippen LogP contribution in [-0.4, -0.2) is 44.3 Å². The van der Waals surface area contributed by atoms with Crippen molar-refractivity contribution in [2.24, 2.45) is 4.99 Å². The average molecular weight is 409 g/mol. The number of nitrogens with zero attached hydrogens (tertiary/aromatic N) is 1. The lowest BCUT2D eigenvalue weighted by Crippen LogP contribution is -2.48. The molecule has 0 spiro atoms. The average Bonchev–Trinajstić information content (AvgIpc) is 3.20. The number of hydrogen-bond donors (Lipinski definition) is 3. The number of aliphatic imine (C=N–C) groups is 1. The Morgan fingerprint density at radius 3 is 2.63 bits per heavy atom. The van der Waals surface area contributed by atoms with E-state index in [1.54, 1.807) is 19.2 Å². The van der Waals surface area contributed by atoms with E-state index in [2.05, 4.69) is 45.0 Å². The van der Waals surface area contributed by atoms with Crippen molar-refractivity contribution < 1.29 is 9.13 Å². The van der Waals surface area contributed by atoms with E-state index in [0.717, 1.165) is 49.4 Å². The Morgan fingerprint density at radius 1 is 1.10 bits per heavy atom. The van der Waals surface area contributed by atoms with E-state index >= 15 is 0 Å². The van der Waals surface area contributed by atoms with E-state index in [1.165, 1.54) is 10.9 Å². The molecule has 2 heterocycles. The van der Waals surface area contributed by atoms with Crippen LogP contribution >= 0.6 is 0 Å². The lowest BCUT2D eigenvalue weighted by Gasteiger charge is -2.38. The topological polar surface area (TPSA) is 61.4 Å². The van der Waals surface area contributed by atoms with E-state index in [0.29, 0.717) is 13.2 Å². The molecule has 6 heteroatoms. The molecular weight excluding hydrogens is 379 g/mol. The van der Waals surface area contributed by atoms with Crippen LogP contribution in [0, 0.1) is 5.82 Å². The zero-order valence-corrected chi connectivity index (χ0v) is 17.4. The van der Waals surface area contributed by atoms with E-state index in [-0.39, 0.29) is 11.2 Å². The summed E-state index contributed by atoms with van der Waals surface area (Å²) in [5, 5.41) is 8.18. The maximum absolute atomic E-state index is 13.4. The summed E-state index contributed by atoms with van der Waals surface area (Å²) in [5.41, 5.74) is 3.52. The van der Waals surface area contributed by atoms with Gasteiger partial charge in [0.15, 0.2) is 5.96 Å². The fraction of sp³-hybridized carbons (Fsp3) is 0.375. The highest BCUT2D eigenvalue weighted by Gasteiger charge is 2.34. The zero-order valence-electron chi connectivity index (χ0n) is 17.4. The number of aromatic nitrogens is 1. The van der Waals surface area contributed by atoms with Crippen molar-refractivity contribution in [2.75, 3.05) is 33.4 Å². The van der Waals surface area contributed by atoms with Gasteiger partial charge in [0.05, 0.1) is 0 Å². The molecule has 1 aromatic heterocycles. The van der Waals surface area contributed by atoms with Gasteiger partial charge in [-0.15, -0.1) is 0 Å². The largest absolute Gasteiger partial charge is 0.381 e. The highest BCUT2D eigenvalue weighted by Crippen LogP contribution is 2.34. The number of fused-ring (bicyclic) bond motifs is 1. The minimum Gasteiger partial charge on any atom is -0.381 e. The predicted octanol–water partition coefficient (Wildman–Crippen LogP) is 3.76. The fourth-order valence-electron chi connectivity index (χ4n) is 4.26. The van der Waals surface area contributed by atoms with Gasteiger partial charge in [0.2, 0.25) is 0 Å². The number of guanidine groups is 1. The number of ether oxygens (including phenoxy) is 1. The molecule has 0 amide bonds. The number of para-hydroxylation sites is 1. The lowest BCUT2D eigenvalue weighted by molar-refractivity contribution is 0.0513. The SMILES string of the molecule is CN=C(NCCc1c[nH]c2ccccc12)NCC1(c2ccc(F)cc2)CCOCC1. The summed E-state index contributed by atoms with van der Waals surface area (Å²) in [4.78, 5) is 7.71. The van der Waals surface area contributed by atoms with Gasteiger partial charge >= 0.3 is 0 Å². The molecule has 4 rings (SSSR count). The van der Waals surface area contributed by atoms with Gasteiger partial charge in [0.25, 0.3) is 0 Å². The summed E-state index contributed by atoms with van der Waals surface area (Å²) in [6, 6.07) is 15.2. The second kappa shape index (κ2) is 9.30. The van der Waals surface area contributed by atoms with E-state index in [9.17, 15) is 4.39 Å². The number of benzene rings is 2. The van der Waals surface area contributed by atoms with E-state index in [1.807, 2.05) is 18.2 Å². The second-order valence-electron chi connectivity index (χ2n) is 7.86. The smallest absolute Gasteiger partial charge is 0.191 e. The number of nitrogens with one attached hydrogen (secondary N) is 3. The number of halogens is 1. The molecule has 1 saturated heterocycles. The summed E-state index contributed by atoms with van der Waals surface area (Å²) in [7, 11) is 1.79. The van der Waals surface area contributed by atoms with Crippen LogP contribution in [0.15, 0.2) is 59.7 Å². The minimum absolute atomic E-state index is 0.0829. The summed E-state index contributed by atoms with van der Waals surface area (Å²) in [6.07, 6.45) is 4.78. The van der Waals surface area contributed by atoms with E-state index in [4.69, 9.17) is 4.74 Å². The Labute approximate surface area is 176 Å². The van der Waals surface area contributed by atoms with Gasteiger partial charge in [0.1, 0.15) is 5.82 Å². The van der Waals surface area contributed by atoms with Crippen LogP contribution in [-0.2, 0) is 16.6 Å². The molecule has 0 saturated carbocycles. The highest BCUT2D eigenvalue weighted by atomic mass is 19.1. The number of H-pyrrole nitrogens is 1. The van der Waals surface area contributed by atoms with Crippen LogP contribution < -0.4 is 10.6 Å². The zero-order chi connectivity index (χ0) is 20.8. The quantitative estimate of drug-likeness (QED) is 0.430. The minimum atomic E-state index is -0.205. The van der Waals surface area contributed by atoms with Crippen molar-refractivity contribution in [3.63, 3.8) is 0 Å². The second-order valence-corrected chi connectivity index (χ2v) is 7.86. The van der Waals surface area contributed by atoms with Gasteiger partial charge in [-0.3, -0.25) is 4.99 Å². The maximum atomic E-state index is 13.4. The molecule has 158 valence electrons. The third-order valence-corrected chi connectivity index (χ3v) is 6.09. The van der Waals surface area contributed by atoms with Crippen molar-refractivity contribution >= 4 is 16.9 Å². The molecular formula is C24H29FN4O. The molecule has 0 bridgehead atoms. The van der Waals surface area contributed by atoms with Crippen molar-refractivity contribution in [3.8, 4) is 0 Å². The van der Waals surface area contributed by atoms with Gasteiger partial charge in [-0.1, -0.05) is 30.3 Å². The first-order chi connectivity index (χ1) is 14.7. The van der Waals surface area contributed by atoms with Gasteiger partial charge in [-0.05, 0) is 48.6 Å². The predicted molar refractivity (Wildman–Crippen MR) is 119 cm³/mol. The van der Waals surface area contributed by atoms with Crippen LogP contribution in [0.3, 0.4) is 0 Å². The molecule has 30 heavy (non-hydrogen) atoms.